The van der Waals surface area contributed by atoms with Crippen molar-refractivity contribution in [2.24, 2.45) is 0 Å². The number of aromatic nitrogens is 2. The van der Waals surface area contributed by atoms with E-state index in [1.807, 2.05) is 54.3 Å². The number of nitrogens with one attached hydrogen (secondary N) is 1. The van der Waals surface area contributed by atoms with Gasteiger partial charge in [-0.2, -0.15) is 5.10 Å². The van der Waals surface area contributed by atoms with Gasteiger partial charge in [-0.1, -0.05) is 29.8 Å². The number of esters is 1. The largest absolute Gasteiger partial charge is 0.507 e. The highest BCUT2D eigenvalue weighted by Gasteiger charge is 2.22. The fourth-order valence-electron chi connectivity index (χ4n) is 4.38. The average Bonchev–Trinajstić information content (AvgIpc) is 3.24. The van der Waals surface area contributed by atoms with E-state index >= 15 is 0 Å². The van der Waals surface area contributed by atoms with Gasteiger partial charge in [0.05, 0.1) is 23.3 Å². The van der Waals surface area contributed by atoms with E-state index in [4.69, 9.17) is 4.74 Å². The number of aromatic amines is 1. The highest BCUT2D eigenvalue weighted by Crippen LogP contribution is 2.30. The summed E-state index contributed by atoms with van der Waals surface area (Å²) in [5, 5.41) is 18.8. The number of phenols is 1. The second-order valence-corrected chi connectivity index (χ2v) is 8.77. The van der Waals surface area contributed by atoms with Crippen LogP contribution in [0.25, 0.3) is 10.9 Å². The molecule has 1 aromatic heterocycles. The lowest BCUT2D eigenvalue weighted by Gasteiger charge is -2.28. The molecule has 0 spiro atoms. The number of fused-ring (bicyclic) bond motifs is 1. The predicted molar refractivity (Wildman–Crippen MR) is 134 cm³/mol. The Kier molecular flexibility index (Phi) is 5.86. The first-order valence-corrected chi connectivity index (χ1v) is 11.4. The standard InChI is InChI=1S/C27H26N4O4/c1-17-4-3-5-18(12-17)13-23-21-14-22(25(32)15-24(21)29-28-23)27(34)30(2)19-6-8-20(9-7-19)31-10-11-35-26(33)16-31/h3-9,12,14-15,32H,10-11,13,16H2,1-2H3,(H,28,29). The molecule has 0 radical (unpaired) electrons. The molecule has 0 unspecified atom stereocenters. The van der Waals surface area contributed by atoms with Crippen LogP contribution in [0.3, 0.4) is 0 Å². The van der Waals surface area contributed by atoms with Crippen molar-refractivity contribution in [3.8, 4) is 5.75 Å². The van der Waals surface area contributed by atoms with Crippen molar-refractivity contribution in [2.45, 2.75) is 13.3 Å². The van der Waals surface area contributed by atoms with E-state index in [-0.39, 0.29) is 29.7 Å². The molecular formula is C27H26N4O4. The molecule has 2 N–H and O–H groups in total. The number of hydrogen-bond donors (Lipinski definition) is 2. The number of ether oxygens (including phenoxy) is 1. The summed E-state index contributed by atoms with van der Waals surface area (Å²) in [5.74, 6) is -0.690. The second kappa shape index (κ2) is 9.13. The normalized spacial score (nSPS) is 13.7. The summed E-state index contributed by atoms with van der Waals surface area (Å²) in [6, 6.07) is 18.8. The van der Waals surface area contributed by atoms with Crippen LogP contribution < -0.4 is 9.80 Å². The van der Waals surface area contributed by atoms with E-state index < -0.39 is 0 Å². The van der Waals surface area contributed by atoms with Gasteiger partial charge < -0.3 is 19.6 Å². The molecule has 0 aliphatic carbocycles. The zero-order chi connectivity index (χ0) is 24.5. The van der Waals surface area contributed by atoms with Crippen LogP contribution in [0.4, 0.5) is 11.4 Å². The summed E-state index contributed by atoms with van der Waals surface area (Å²) in [6.07, 6.45) is 0.613. The van der Waals surface area contributed by atoms with E-state index in [2.05, 4.69) is 16.3 Å². The number of nitrogens with zero attached hydrogens (tertiary/aromatic N) is 3. The van der Waals surface area contributed by atoms with Crippen molar-refractivity contribution < 1.29 is 19.4 Å². The van der Waals surface area contributed by atoms with E-state index in [9.17, 15) is 14.7 Å². The van der Waals surface area contributed by atoms with Gasteiger partial charge in [-0.3, -0.25) is 14.7 Å². The molecule has 0 atom stereocenters. The van der Waals surface area contributed by atoms with Crippen molar-refractivity contribution in [3.05, 3.63) is 83.0 Å². The minimum absolute atomic E-state index is 0.108. The molecule has 4 aromatic rings. The van der Waals surface area contributed by atoms with Crippen molar-refractivity contribution in [3.63, 3.8) is 0 Å². The number of anilines is 2. The number of cyclic esters (lactones) is 1. The number of hydrogen-bond acceptors (Lipinski definition) is 6. The number of phenolic OH excluding ortho intramolecular Hbond substituents is 1. The molecule has 0 bridgehead atoms. The SMILES string of the molecule is Cc1cccc(Cc2n[nH]c3cc(O)c(C(=O)N(C)c4ccc(N5CCOC(=O)C5)cc4)cc23)c1. The Labute approximate surface area is 202 Å². The van der Waals surface area contributed by atoms with E-state index in [1.54, 1.807) is 19.2 Å². The number of carbonyl (C=O) groups is 2. The first kappa shape index (κ1) is 22.5. The van der Waals surface area contributed by atoms with Gasteiger partial charge in [0.25, 0.3) is 5.91 Å². The fourth-order valence-corrected chi connectivity index (χ4v) is 4.38. The lowest BCUT2D eigenvalue weighted by Crippen LogP contribution is -2.39. The van der Waals surface area contributed by atoms with Gasteiger partial charge in [-0.05, 0) is 42.8 Å². The third-order valence-electron chi connectivity index (χ3n) is 6.29. The van der Waals surface area contributed by atoms with Crippen LogP contribution in [0.2, 0.25) is 0 Å². The Morgan fingerprint density at radius 1 is 1.17 bits per heavy atom. The lowest BCUT2D eigenvalue weighted by atomic mass is 10.0. The fraction of sp³-hybridized carbons (Fsp3) is 0.222. The molecule has 1 amide bonds. The first-order valence-electron chi connectivity index (χ1n) is 11.4. The molecule has 178 valence electrons. The number of aryl methyl sites for hydroxylation is 1. The van der Waals surface area contributed by atoms with Crippen LogP contribution in [0.5, 0.6) is 5.75 Å². The van der Waals surface area contributed by atoms with Crippen LogP contribution in [0, 0.1) is 6.92 Å². The van der Waals surface area contributed by atoms with Gasteiger partial charge >= 0.3 is 5.97 Å². The van der Waals surface area contributed by atoms with Crippen molar-refractivity contribution in [1.29, 1.82) is 0 Å². The lowest BCUT2D eigenvalue weighted by molar-refractivity contribution is -0.143. The zero-order valence-electron chi connectivity index (χ0n) is 19.6. The molecule has 1 aliphatic heterocycles. The van der Waals surface area contributed by atoms with Crippen LogP contribution >= 0.6 is 0 Å². The maximum absolute atomic E-state index is 13.3. The minimum Gasteiger partial charge on any atom is -0.507 e. The van der Waals surface area contributed by atoms with E-state index in [0.717, 1.165) is 22.3 Å². The van der Waals surface area contributed by atoms with Gasteiger partial charge in [0.15, 0.2) is 0 Å². The van der Waals surface area contributed by atoms with Gasteiger partial charge in [0.2, 0.25) is 0 Å². The van der Waals surface area contributed by atoms with Crippen LogP contribution in [-0.2, 0) is 16.0 Å². The molecule has 8 nitrogen and oxygen atoms in total. The topological polar surface area (TPSA) is 98.8 Å². The molecule has 1 aliphatic rings. The van der Waals surface area contributed by atoms with Crippen LogP contribution in [0.15, 0.2) is 60.7 Å². The van der Waals surface area contributed by atoms with Gasteiger partial charge in [-0.15, -0.1) is 0 Å². The number of morpholine rings is 1. The molecule has 2 heterocycles. The number of benzene rings is 3. The minimum atomic E-state index is -0.332. The van der Waals surface area contributed by atoms with Crippen molar-refractivity contribution >= 4 is 34.2 Å². The second-order valence-electron chi connectivity index (χ2n) is 8.77. The molecule has 5 rings (SSSR count). The third kappa shape index (κ3) is 4.55. The molecule has 1 saturated heterocycles. The predicted octanol–water partition coefficient (Wildman–Crippen LogP) is 3.81. The quantitative estimate of drug-likeness (QED) is 0.431. The Balaban J connectivity index is 1.39. The first-order chi connectivity index (χ1) is 16.9. The molecule has 1 fully saturated rings. The van der Waals surface area contributed by atoms with Crippen LogP contribution in [0.1, 0.15) is 27.2 Å². The smallest absolute Gasteiger partial charge is 0.325 e. The number of rotatable bonds is 5. The summed E-state index contributed by atoms with van der Waals surface area (Å²) in [5.41, 5.74) is 5.54. The number of aromatic hydroxyl groups is 1. The molecular weight excluding hydrogens is 444 g/mol. The van der Waals surface area contributed by atoms with Gasteiger partial charge in [-0.25, -0.2) is 0 Å². The number of H-pyrrole nitrogens is 1. The highest BCUT2D eigenvalue weighted by atomic mass is 16.5. The maximum atomic E-state index is 13.3. The average molecular weight is 471 g/mol. The molecule has 3 aromatic carbocycles. The molecule has 8 heteroatoms. The van der Waals surface area contributed by atoms with E-state index in [1.165, 1.54) is 10.5 Å². The van der Waals surface area contributed by atoms with Crippen molar-refractivity contribution in [1.82, 2.24) is 10.2 Å². The molecule has 35 heavy (non-hydrogen) atoms. The summed E-state index contributed by atoms with van der Waals surface area (Å²) in [7, 11) is 1.67. The zero-order valence-corrected chi connectivity index (χ0v) is 19.6. The van der Waals surface area contributed by atoms with E-state index in [0.29, 0.717) is 30.8 Å². The Hall–Kier alpha value is -4.33. The van der Waals surface area contributed by atoms with Crippen LogP contribution in [-0.4, -0.2) is 53.9 Å². The van der Waals surface area contributed by atoms with Crippen molar-refractivity contribution in [2.75, 3.05) is 36.5 Å². The number of carbonyl (C=O) groups excluding carboxylic acids is 2. The summed E-state index contributed by atoms with van der Waals surface area (Å²) >= 11 is 0. The summed E-state index contributed by atoms with van der Waals surface area (Å²) in [6.45, 7) is 3.24. The summed E-state index contributed by atoms with van der Waals surface area (Å²) < 4.78 is 4.99. The highest BCUT2D eigenvalue weighted by molar-refractivity contribution is 6.09. The Morgan fingerprint density at radius 2 is 1.97 bits per heavy atom. The Morgan fingerprint density at radius 3 is 2.71 bits per heavy atom. The molecule has 0 saturated carbocycles. The summed E-state index contributed by atoms with van der Waals surface area (Å²) in [4.78, 5) is 28.3. The Bertz CT molecular complexity index is 1410. The van der Waals surface area contributed by atoms with Gasteiger partial charge in [0, 0.05) is 36.3 Å². The maximum Gasteiger partial charge on any atom is 0.325 e. The number of amides is 1. The monoisotopic (exact) mass is 470 g/mol. The van der Waals surface area contributed by atoms with Gasteiger partial charge in [0.1, 0.15) is 18.9 Å². The third-order valence-corrected chi connectivity index (χ3v) is 6.29.